The number of hydrogen-bond acceptors (Lipinski definition) is 4. The van der Waals surface area contributed by atoms with Crippen LogP contribution in [-0.4, -0.2) is 81.2 Å². The first kappa shape index (κ1) is 20.8. The molecule has 2 heterocycles. The normalized spacial score (nSPS) is 19.2. The van der Waals surface area contributed by atoms with Gasteiger partial charge in [0.1, 0.15) is 0 Å². The largest absolute Gasteiger partial charge is 0.369 e. The Balaban J connectivity index is 0.000000161. The molecule has 2 saturated heterocycles. The quantitative estimate of drug-likeness (QED) is 0.811. The molecule has 4 nitrogen and oxygen atoms in total. The highest BCUT2D eigenvalue weighted by molar-refractivity contribution is 5.53. The van der Waals surface area contributed by atoms with E-state index in [4.69, 9.17) is 0 Å². The van der Waals surface area contributed by atoms with Crippen molar-refractivity contribution in [1.82, 2.24) is 14.7 Å². The first-order valence-electron chi connectivity index (χ1n) is 10.6. The minimum atomic E-state index is 1.11. The molecule has 0 spiro atoms. The highest BCUT2D eigenvalue weighted by Crippen LogP contribution is 2.20. The van der Waals surface area contributed by atoms with Gasteiger partial charge < -0.3 is 14.7 Å². The molecular formula is C24H36N4. The molecule has 0 amide bonds. The SMILES string of the molecule is CN1CCN(Cc2ccccc2)CC1.Cc1ccccc1N1CCN(C)CC1. The molecule has 0 unspecified atom stereocenters. The monoisotopic (exact) mass is 380 g/mol. The zero-order valence-electron chi connectivity index (χ0n) is 17.8. The summed E-state index contributed by atoms with van der Waals surface area (Å²) in [4.78, 5) is 9.78. The molecule has 2 fully saturated rings. The van der Waals surface area contributed by atoms with Gasteiger partial charge in [0.15, 0.2) is 0 Å². The predicted molar refractivity (Wildman–Crippen MR) is 120 cm³/mol. The van der Waals surface area contributed by atoms with E-state index < -0.39 is 0 Å². The van der Waals surface area contributed by atoms with Crippen LogP contribution in [0.2, 0.25) is 0 Å². The van der Waals surface area contributed by atoms with Crippen molar-refractivity contribution >= 4 is 5.69 Å². The third kappa shape index (κ3) is 6.33. The molecule has 4 heteroatoms. The van der Waals surface area contributed by atoms with Crippen molar-refractivity contribution in [2.24, 2.45) is 0 Å². The number of benzene rings is 2. The zero-order valence-corrected chi connectivity index (χ0v) is 17.8. The molecule has 2 aromatic carbocycles. The standard InChI is InChI=1S/2C12H18N2/c1-11-5-3-4-6-12(11)14-9-7-13(2)8-10-14;1-13-7-9-14(10-8-13)11-12-5-3-2-4-6-12/h3-6H,7-10H2,1-2H3;2-6H,7-11H2,1H3. The fourth-order valence-electron chi connectivity index (χ4n) is 3.81. The number of piperazine rings is 2. The molecular weight excluding hydrogens is 344 g/mol. The van der Waals surface area contributed by atoms with Crippen LogP contribution in [0.15, 0.2) is 54.6 Å². The molecule has 28 heavy (non-hydrogen) atoms. The summed E-state index contributed by atoms with van der Waals surface area (Å²) in [5.74, 6) is 0. The number of rotatable bonds is 3. The van der Waals surface area contributed by atoms with Crippen LogP contribution in [0.25, 0.3) is 0 Å². The second-order valence-corrected chi connectivity index (χ2v) is 8.14. The van der Waals surface area contributed by atoms with Crippen LogP contribution in [0, 0.1) is 6.92 Å². The molecule has 0 N–H and O–H groups in total. The maximum Gasteiger partial charge on any atom is 0.0396 e. The van der Waals surface area contributed by atoms with Gasteiger partial charge in [0.05, 0.1) is 0 Å². The second kappa shape index (κ2) is 10.6. The van der Waals surface area contributed by atoms with Gasteiger partial charge in [0.2, 0.25) is 0 Å². The van der Waals surface area contributed by atoms with E-state index in [1.54, 1.807) is 0 Å². The van der Waals surface area contributed by atoms with Crippen molar-refractivity contribution in [3.8, 4) is 0 Å². The van der Waals surface area contributed by atoms with Crippen LogP contribution in [0.5, 0.6) is 0 Å². The summed E-state index contributed by atoms with van der Waals surface area (Å²) >= 11 is 0. The van der Waals surface area contributed by atoms with Gasteiger partial charge in [-0.05, 0) is 38.2 Å². The highest BCUT2D eigenvalue weighted by Gasteiger charge is 2.15. The minimum absolute atomic E-state index is 1.11. The van der Waals surface area contributed by atoms with Gasteiger partial charge in [-0.25, -0.2) is 0 Å². The van der Waals surface area contributed by atoms with E-state index in [2.05, 4.69) is 95.2 Å². The Hall–Kier alpha value is -1.88. The van der Waals surface area contributed by atoms with Crippen molar-refractivity contribution in [3.05, 3.63) is 65.7 Å². The maximum atomic E-state index is 2.52. The summed E-state index contributed by atoms with van der Waals surface area (Å²) < 4.78 is 0. The van der Waals surface area contributed by atoms with Gasteiger partial charge >= 0.3 is 0 Å². The van der Waals surface area contributed by atoms with E-state index in [1.807, 2.05) is 0 Å². The van der Waals surface area contributed by atoms with E-state index in [1.165, 1.54) is 56.1 Å². The summed E-state index contributed by atoms with van der Waals surface area (Å²) in [6.45, 7) is 12.8. The number of para-hydroxylation sites is 1. The first-order chi connectivity index (χ1) is 13.6. The van der Waals surface area contributed by atoms with Crippen LogP contribution >= 0.6 is 0 Å². The molecule has 4 rings (SSSR count). The minimum Gasteiger partial charge on any atom is -0.369 e. The molecule has 0 aliphatic carbocycles. The molecule has 152 valence electrons. The Morgan fingerprint density at radius 1 is 0.643 bits per heavy atom. The van der Waals surface area contributed by atoms with E-state index in [0.717, 1.165) is 19.6 Å². The molecule has 0 radical (unpaired) electrons. The average molecular weight is 381 g/mol. The number of anilines is 1. The van der Waals surface area contributed by atoms with Crippen LogP contribution in [0.4, 0.5) is 5.69 Å². The van der Waals surface area contributed by atoms with Gasteiger partial charge in [0, 0.05) is 64.6 Å². The van der Waals surface area contributed by atoms with Crippen molar-refractivity contribution in [3.63, 3.8) is 0 Å². The van der Waals surface area contributed by atoms with E-state index in [-0.39, 0.29) is 0 Å². The Bertz CT molecular complexity index is 687. The van der Waals surface area contributed by atoms with E-state index >= 15 is 0 Å². The second-order valence-electron chi connectivity index (χ2n) is 8.14. The molecule has 0 aromatic heterocycles. The number of likely N-dealkylation sites (N-methyl/N-ethyl adjacent to an activating group) is 2. The van der Waals surface area contributed by atoms with Gasteiger partial charge in [-0.1, -0.05) is 48.5 Å². The van der Waals surface area contributed by atoms with Gasteiger partial charge in [-0.3, -0.25) is 4.90 Å². The molecule has 2 aliphatic heterocycles. The fourth-order valence-corrected chi connectivity index (χ4v) is 3.81. The third-order valence-corrected chi connectivity index (χ3v) is 5.80. The third-order valence-electron chi connectivity index (χ3n) is 5.80. The molecule has 0 bridgehead atoms. The predicted octanol–water partition coefficient (Wildman–Crippen LogP) is 3.18. The lowest BCUT2D eigenvalue weighted by molar-refractivity contribution is 0.148. The Labute approximate surface area is 171 Å². The van der Waals surface area contributed by atoms with Crippen LogP contribution in [0.3, 0.4) is 0 Å². The van der Waals surface area contributed by atoms with Crippen LogP contribution in [0.1, 0.15) is 11.1 Å². The lowest BCUT2D eigenvalue weighted by Crippen LogP contribution is -2.44. The van der Waals surface area contributed by atoms with Crippen molar-refractivity contribution in [1.29, 1.82) is 0 Å². The number of nitrogens with zero attached hydrogens (tertiary/aromatic N) is 4. The zero-order chi connectivity index (χ0) is 19.8. The average Bonchev–Trinajstić information content (AvgIpc) is 2.72. The topological polar surface area (TPSA) is 13.0 Å². The summed E-state index contributed by atoms with van der Waals surface area (Å²) in [7, 11) is 4.38. The highest BCUT2D eigenvalue weighted by atomic mass is 15.3. The fraction of sp³-hybridized carbons (Fsp3) is 0.500. The maximum absolute atomic E-state index is 2.52. The smallest absolute Gasteiger partial charge is 0.0396 e. The summed E-state index contributed by atoms with van der Waals surface area (Å²) in [6, 6.07) is 19.4. The lowest BCUT2D eigenvalue weighted by Gasteiger charge is -2.34. The van der Waals surface area contributed by atoms with Crippen LogP contribution < -0.4 is 4.90 Å². The lowest BCUT2D eigenvalue weighted by atomic mass is 10.1. The molecule has 0 saturated carbocycles. The Kier molecular flexibility index (Phi) is 7.90. The number of hydrogen-bond donors (Lipinski definition) is 0. The van der Waals surface area contributed by atoms with E-state index in [0.29, 0.717) is 0 Å². The van der Waals surface area contributed by atoms with E-state index in [9.17, 15) is 0 Å². The molecule has 2 aliphatic rings. The summed E-state index contributed by atoms with van der Waals surface area (Å²) in [6.07, 6.45) is 0. The van der Waals surface area contributed by atoms with Crippen molar-refractivity contribution in [2.45, 2.75) is 13.5 Å². The van der Waals surface area contributed by atoms with Gasteiger partial charge in [-0.2, -0.15) is 0 Å². The first-order valence-corrected chi connectivity index (χ1v) is 10.6. The Morgan fingerprint density at radius 2 is 1.18 bits per heavy atom. The van der Waals surface area contributed by atoms with Crippen LogP contribution in [-0.2, 0) is 6.54 Å². The molecule has 0 atom stereocenters. The summed E-state index contributed by atoms with van der Waals surface area (Å²) in [5, 5.41) is 0. The van der Waals surface area contributed by atoms with Crippen molar-refractivity contribution in [2.75, 3.05) is 71.4 Å². The summed E-state index contributed by atoms with van der Waals surface area (Å²) in [5.41, 5.74) is 4.22. The Morgan fingerprint density at radius 3 is 1.79 bits per heavy atom. The van der Waals surface area contributed by atoms with Gasteiger partial charge in [0.25, 0.3) is 0 Å². The van der Waals surface area contributed by atoms with Crippen molar-refractivity contribution < 1.29 is 0 Å². The number of aryl methyl sites for hydroxylation is 1. The van der Waals surface area contributed by atoms with Gasteiger partial charge in [-0.15, -0.1) is 0 Å². The molecule has 2 aromatic rings.